The smallest absolute Gasteiger partial charge is 0.460 e. The summed E-state index contributed by atoms with van der Waals surface area (Å²) in [7, 11) is 4.54. The number of carbonyl (C=O) groups is 6. The van der Waals surface area contributed by atoms with Crippen LogP contribution in [0.3, 0.4) is 0 Å². The molecule has 16 heteroatoms. The Labute approximate surface area is 517 Å². The molecule has 2 N–H and O–H groups in total. The third kappa shape index (κ3) is 24.2. The molecule has 1 unspecified atom stereocenters. The highest BCUT2D eigenvalue weighted by molar-refractivity contribution is 6.39. The molecule has 1 amide bonds. The Morgan fingerprint density at radius 1 is 0.767 bits per heavy atom. The fourth-order valence-corrected chi connectivity index (χ4v) is 12.9. The summed E-state index contributed by atoms with van der Waals surface area (Å²) in [6, 6.07) is -1.18. The number of hydrogen-bond acceptors (Lipinski definition) is 15. The molecule has 2 saturated heterocycles. The molecular formula is C70H113NO15. The summed E-state index contributed by atoms with van der Waals surface area (Å²) in [4.78, 5) is 85.9. The number of rotatable bonds is 23. The molecule has 3 fully saturated rings. The normalized spacial score (nSPS) is 33.4. The number of unbranched alkanes of at least 4 members (excludes halogenated alkanes) is 12. The number of carbonyl (C=O) groups excluding carboxylic acids is 6. The zero-order valence-electron chi connectivity index (χ0n) is 54.6. The number of methoxy groups -OCH3 is 3. The lowest BCUT2D eigenvalue weighted by Crippen LogP contribution is -2.61. The molecular weight excluding hydrogens is 1090 g/mol. The van der Waals surface area contributed by atoms with Crippen molar-refractivity contribution >= 4 is 35.4 Å². The van der Waals surface area contributed by atoms with Crippen LogP contribution < -0.4 is 0 Å². The number of ether oxygens (including phenoxy) is 7. The molecule has 0 aromatic carbocycles. The largest absolute Gasteiger partial charge is 0.508 e. The van der Waals surface area contributed by atoms with Gasteiger partial charge >= 0.3 is 12.1 Å². The molecule has 3 aliphatic heterocycles. The van der Waals surface area contributed by atoms with Crippen LogP contribution in [0.15, 0.2) is 59.8 Å². The molecule has 16 nitrogen and oxygen atoms in total. The molecule has 3 heterocycles. The number of esters is 1. The quantitative estimate of drug-likeness (QED) is 0.0422. The van der Waals surface area contributed by atoms with E-state index in [1.807, 2.05) is 58.1 Å². The van der Waals surface area contributed by atoms with Crippen molar-refractivity contribution in [3.63, 3.8) is 0 Å². The summed E-state index contributed by atoms with van der Waals surface area (Å²) in [5.41, 5.74) is 1.25. The number of piperidine rings is 1. The Balaban J connectivity index is 1.47. The highest BCUT2D eigenvalue weighted by atomic mass is 16.7. The standard InChI is InChI=1S/C70H113NO15/c1-12-13-14-15-16-17-18-19-20-21-22-23-24-25-26-32-41-83-69(78)85-59-39-37-55(45-62(59)81-10)44-51(5)61-47-58(72)50(4)43-53(7)64(74)65(82-11)63(73)52(6)42-48(2)33-28-27-29-34-49(3)60(80-9)46-56-38-36-54(8)70(79,86-56)66(75)67(76)71-40-31-30-35-57(71)68(77)84-61/h19-20,27-29,33-34,43,48,50-52,54-57,59-62,64-65,74,79H,12-18,21-26,30-32,35-42,44-47H2,1-11H3/b20-19-,29-27+,33-28+,49-34+,53-43+/t48-,50?,51-,52-,54-,55+,56+,57+,59-,60+,61+,62-,64-,65+,70-/m1/s1. The van der Waals surface area contributed by atoms with Gasteiger partial charge < -0.3 is 48.3 Å². The van der Waals surface area contributed by atoms with Gasteiger partial charge in [0, 0.05) is 58.5 Å². The van der Waals surface area contributed by atoms with Gasteiger partial charge in [-0.05, 0) is 139 Å². The van der Waals surface area contributed by atoms with Crippen LogP contribution in [-0.2, 0) is 57.1 Å². The first-order valence-electron chi connectivity index (χ1n) is 33.2. The molecule has 0 radical (unpaired) electrons. The zero-order chi connectivity index (χ0) is 63.2. The van der Waals surface area contributed by atoms with E-state index in [1.165, 1.54) is 69.8 Å². The fraction of sp³-hybridized carbons (Fsp3) is 0.771. The maximum absolute atomic E-state index is 14.7. The van der Waals surface area contributed by atoms with Crippen molar-refractivity contribution in [3.8, 4) is 0 Å². The maximum atomic E-state index is 14.7. The van der Waals surface area contributed by atoms with Crippen molar-refractivity contribution in [3.05, 3.63) is 59.8 Å². The van der Waals surface area contributed by atoms with Gasteiger partial charge in [0.25, 0.3) is 11.7 Å². The minimum atomic E-state index is -2.46. The predicted molar refractivity (Wildman–Crippen MR) is 335 cm³/mol. The SMILES string of the molecule is CCCCCCCC/C=C\CCCCCCCCOC(=O)O[C@@H]1CC[C@@H](C[C@@H](C)[C@@H]2CC(=O)C(C)/C=C(\C)[C@@H](O)[C@@H](OC)C(=O)[C@H](C)C[C@H](C)/C=C/C=C/C=C(\C)[C@@H](OC)C[C@@H]3CC[C@@H](C)[C@@](O)(O3)C(=O)C(=O)N3CCCC[C@H]3C(=O)O2)C[C@H]1OC. The molecule has 1 saturated carbocycles. The Morgan fingerprint density at radius 3 is 2.10 bits per heavy atom. The van der Waals surface area contributed by atoms with E-state index in [4.69, 9.17) is 33.2 Å². The van der Waals surface area contributed by atoms with Gasteiger partial charge in [0.05, 0.1) is 24.9 Å². The van der Waals surface area contributed by atoms with E-state index in [1.54, 1.807) is 41.1 Å². The highest BCUT2D eigenvalue weighted by Crippen LogP contribution is 2.38. The van der Waals surface area contributed by atoms with Crippen molar-refractivity contribution < 1.29 is 72.1 Å². The topological polar surface area (TPSA) is 211 Å². The second kappa shape index (κ2) is 39.6. The van der Waals surface area contributed by atoms with Crippen LogP contribution in [0, 0.1) is 35.5 Å². The summed E-state index contributed by atoms with van der Waals surface area (Å²) in [5.74, 6) is -8.31. The molecule has 0 spiro atoms. The Hall–Kier alpha value is -4.32. The van der Waals surface area contributed by atoms with Gasteiger partial charge in [-0.3, -0.25) is 19.2 Å². The molecule has 0 aromatic heterocycles. The Kier molecular flexibility index (Phi) is 34.2. The van der Waals surface area contributed by atoms with E-state index in [9.17, 15) is 39.0 Å². The monoisotopic (exact) mass is 1210 g/mol. The van der Waals surface area contributed by atoms with Crippen molar-refractivity contribution in [2.24, 2.45) is 35.5 Å². The Morgan fingerprint density at radius 2 is 1.44 bits per heavy atom. The number of aliphatic hydroxyl groups is 2. The average Bonchev–Trinajstić information content (AvgIpc) is 1.46. The van der Waals surface area contributed by atoms with Gasteiger partial charge in [0.15, 0.2) is 5.78 Å². The van der Waals surface area contributed by atoms with Gasteiger partial charge in [-0.25, -0.2) is 9.59 Å². The molecule has 4 aliphatic rings. The van der Waals surface area contributed by atoms with E-state index in [0.29, 0.717) is 69.8 Å². The molecule has 86 heavy (non-hydrogen) atoms. The van der Waals surface area contributed by atoms with E-state index < -0.39 is 102 Å². The number of hydrogen-bond donors (Lipinski definition) is 2. The van der Waals surface area contributed by atoms with Crippen LogP contribution >= 0.6 is 0 Å². The van der Waals surface area contributed by atoms with Crippen LogP contribution in [0.1, 0.15) is 222 Å². The number of fused-ring (bicyclic) bond motifs is 3. The van der Waals surface area contributed by atoms with Crippen LogP contribution in [0.5, 0.6) is 0 Å². The lowest BCUT2D eigenvalue weighted by Gasteiger charge is -2.42. The first-order chi connectivity index (χ1) is 41.2. The van der Waals surface area contributed by atoms with Crippen molar-refractivity contribution in [2.75, 3.05) is 34.5 Å². The summed E-state index contributed by atoms with van der Waals surface area (Å²) >= 11 is 0. The molecule has 488 valence electrons. The zero-order valence-corrected chi connectivity index (χ0v) is 54.6. The summed E-state index contributed by atoms with van der Waals surface area (Å²) in [6.07, 6.45) is 31.2. The number of nitrogens with zero attached hydrogens (tertiary/aromatic N) is 1. The summed E-state index contributed by atoms with van der Waals surface area (Å²) in [5, 5.41) is 23.7. The molecule has 0 aromatic rings. The van der Waals surface area contributed by atoms with Crippen molar-refractivity contribution in [1.82, 2.24) is 4.90 Å². The van der Waals surface area contributed by atoms with Gasteiger partial charge in [0.1, 0.15) is 36.2 Å². The van der Waals surface area contributed by atoms with E-state index in [-0.39, 0.29) is 49.4 Å². The number of Topliss-reactive ketones (excluding diaryl/α,β-unsaturated/α-hetero) is 3. The first-order valence-corrected chi connectivity index (χ1v) is 33.2. The van der Waals surface area contributed by atoms with Gasteiger partial charge in [-0.15, -0.1) is 0 Å². The Bertz CT molecular complexity index is 2240. The fourth-order valence-electron chi connectivity index (χ4n) is 12.9. The maximum Gasteiger partial charge on any atom is 0.508 e. The predicted octanol–water partition coefficient (Wildman–Crippen LogP) is 13.4. The number of ketones is 3. The van der Waals surface area contributed by atoms with Crippen molar-refractivity contribution in [2.45, 2.75) is 277 Å². The van der Waals surface area contributed by atoms with E-state index in [2.05, 4.69) is 19.1 Å². The van der Waals surface area contributed by atoms with Crippen molar-refractivity contribution in [1.29, 1.82) is 0 Å². The second-order valence-electron chi connectivity index (χ2n) is 25.7. The van der Waals surface area contributed by atoms with E-state index in [0.717, 1.165) is 37.7 Å². The third-order valence-electron chi connectivity index (χ3n) is 18.6. The van der Waals surface area contributed by atoms with Crippen LogP contribution in [0.25, 0.3) is 0 Å². The molecule has 4 rings (SSSR count). The highest BCUT2D eigenvalue weighted by Gasteiger charge is 2.53. The molecule has 1 aliphatic carbocycles. The number of cyclic esters (lactones) is 1. The number of aliphatic hydroxyl groups excluding tert-OH is 1. The van der Waals surface area contributed by atoms with Crippen LogP contribution in [-0.4, -0.2) is 140 Å². The molecule has 2 bridgehead atoms. The number of amides is 1. The third-order valence-corrected chi connectivity index (χ3v) is 18.6. The minimum Gasteiger partial charge on any atom is -0.460 e. The lowest BCUT2D eigenvalue weighted by atomic mass is 9.78. The summed E-state index contributed by atoms with van der Waals surface area (Å²) in [6.45, 7) is 15.3. The van der Waals surface area contributed by atoms with Gasteiger partial charge in [-0.2, -0.15) is 0 Å². The van der Waals surface area contributed by atoms with Crippen LogP contribution in [0.2, 0.25) is 0 Å². The second-order valence-corrected chi connectivity index (χ2v) is 25.7. The van der Waals surface area contributed by atoms with Gasteiger partial charge in [-0.1, -0.05) is 148 Å². The first kappa shape index (κ1) is 74.1. The van der Waals surface area contributed by atoms with Gasteiger partial charge in [0.2, 0.25) is 5.79 Å². The summed E-state index contributed by atoms with van der Waals surface area (Å²) < 4.78 is 41.3. The molecule has 15 atom stereocenters. The van der Waals surface area contributed by atoms with E-state index >= 15 is 0 Å². The number of allylic oxidation sites excluding steroid dienone is 8. The minimum absolute atomic E-state index is 0.00270. The average molecular weight is 1210 g/mol. The van der Waals surface area contributed by atoms with Crippen LogP contribution in [0.4, 0.5) is 4.79 Å². The lowest BCUT2D eigenvalue weighted by molar-refractivity contribution is -0.265.